The normalized spacial score (nSPS) is 11.3. The molecular weight excluding hydrogens is 385 g/mol. The molecule has 0 saturated carbocycles. The summed E-state index contributed by atoms with van der Waals surface area (Å²) in [6, 6.07) is 10.7. The van der Waals surface area contributed by atoms with Crippen LogP contribution in [0, 0.1) is 12.7 Å². The first kappa shape index (κ1) is 21.2. The van der Waals surface area contributed by atoms with Crippen LogP contribution in [0.15, 0.2) is 53.8 Å². The van der Waals surface area contributed by atoms with Crippen molar-refractivity contribution in [1.82, 2.24) is 14.9 Å². The minimum absolute atomic E-state index is 0.310. The minimum atomic E-state index is -0.310. The Morgan fingerprint density at radius 2 is 2.03 bits per heavy atom. The number of anilines is 1. The Labute approximate surface area is 175 Å². The summed E-state index contributed by atoms with van der Waals surface area (Å²) in [7, 11) is 3.28. The van der Waals surface area contributed by atoms with Gasteiger partial charge in [-0.15, -0.1) is 0 Å². The van der Waals surface area contributed by atoms with Gasteiger partial charge in [-0.1, -0.05) is 6.07 Å². The van der Waals surface area contributed by atoms with Crippen molar-refractivity contribution >= 4 is 11.6 Å². The predicted molar refractivity (Wildman–Crippen MR) is 116 cm³/mol. The van der Waals surface area contributed by atoms with E-state index in [0.717, 1.165) is 17.1 Å². The van der Waals surface area contributed by atoms with Crippen molar-refractivity contribution in [2.75, 3.05) is 26.1 Å². The van der Waals surface area contributed by atoms with Crippen molar-refractivity contribution in [3.05, 3.63) is 66.0 Å². The third-order valence-corrected chi connectivity index (χ3v) is 4.51. The molecule has 0 saturated heterocycles. The van der Waals surface area contributed by atoms with Gasteiger partial charge in [0.1, 0.15) is 11.6 Å². The number of aryl methyl sites for hydroxylation is 1. The highest BCUT2D eigenvalue weighted by Crippen LogP contribution is 2.30. The van der Waals surface area contributed by atoms with Gasteiger partial charge in [0.15, 0.2) is 17.5 Å². The number of imidazole rings is 1. The molecular formula is C22H26FN5O2. The summed E-state index contributed by atoms with van der Waals surface area (Å²) in [5, 5.41) is 6.39. The zero-order valence-electron chi connectivity index (χ0n) is 17.6. The summed E-state index contributed by atoms with van der Waals surface area (Å²) in [5.41, 5.74) is 2.06. The van der Waals surface area contributed by atoms with Gasteiger partial charge in [0.2, 0.25) is 0 Å². The number of benzene rings is 2. The molecule has 3 rings (SSSR count). The van der Waals surface area contributed by atoms with Gasteiger partial charge >= 0.3 is 0 Å². The smallest absolute Gasteiger partial charge is 0.195 e. The first-order valence-corrected chi connectivity index (χ1v) is 9.63. The molecule has 1 heterocycles. The van der Waals surface area contributed by atoms with Crippen LogP contribution < -0.4 is 20.1 Å². The Hall–Kier alpha value is -3.55. The van der Waals surface area contributed by atoms with Crippen molar-refractivity contribution in [2.45, 2.75) is 20.4 Å². The van der Waals surface area contributed by atoms with Crippen molar-refractivity contribution in [3.8, 4) is 17.2 Å². The average molecular weight is 411 g/mol. The van der Waals surface area contributed by atoms with E-state index in [1.165, 1.54) is 6.07 Å². The summed E-state index contributed by atoms with van der Waals surface area (Å²) in [6.07, 6.45) is 3.39. The molecule has 30 heavy (non-hydrogen) atoms. The van der Waals surface area contributed by atoms with Crippen molar-refractivity contribution in [1.29, 1.82) is 0 Å². The van der Waals surface area contributed by atoms with Crippen molar-refractivity contribution in [3.63, 3.8) is 0 Å². The van der Waals surface area contributed by atoms with Crippen LogP contribution in [0.4, 0.5) is 10.1 Å². The lowest BCUT2D eigenvalue weighted by Gasteiger charge is -2.15. The third-order valence-electron chi connectivity index (χ3n) is 4.51. The molecule has 0 atom stereocenters. The van der Waals surface area contributed by atoms with Crippen LogP contribution in [-0.4, -0.2) is 36.3 Å². The first-order valence-electron chi connectivity index (χ1n) is 9.63. The maximum absolute atomic E-state index is 14.6. The summed E-state index contributed by atoms with van der Waals surface area (Å²) in [6.45, 7) is 4.69. The molecule has 0 unspecified atom stereocenters. The Kier molecular flexibility index (Phi) is 6.90. The summed E-state index contributed by atoms with van der Waals surface area (Å²) >= 11 is 0. The molecule has 8 heteroatoms. The zero-order chi connectivity index (χ0) is 21.5. The Morgan fingerprint density at radius 1 is 1.20 bits per heavy atom. The molecule has 0 radical (unpaired) electrons. The average Bonchev–Trinajstić information content (AvgIpc) is 3.17. The van der Waals surface area contributed by atoms with E-state index in [2.05, 4.69) is 20.6 Å². The molecule has 0 amide bonds. The molecule has 2 N–H and O–H groups in total. The zero-order valence-corrected chi connectivity index (χ0v) is 17.6. The Balaban J connectivity index is 1.67. The molecule has 0 bridgehead atoms. The number of ether oxygens (including phenoxy) is 2. The number of nitrogens with zero attached hydrogens (tertiary/aromatic N) is 3. The van der Waals surface area contributed by atoms with Crippen LogP contribution in [0.2, 0.25) is 0 Å². The van der Waals surface area contributed by atoms with Crippen LogP contribution in [-0.2, 0) is 6.54 Å². The highest BCUT2D eigenvalue weighted by molar-refractivity contribution is 5.93. The van der Waals surface area contributed by atoms with Gasteiger partial charge in [0.25, 0.3) is 0 Å². The van der Waals surface area contributed by atoms with Gasteiger partial charge in [-0.2, -0.15) is 0 Å². The van der Waals surface area contributed by atoms with E-state index in [0.29, 0.717) is 36.3 Å². The fraction of sp³-hybridized carbons (Fsp3) is 0.273. The fourth-order valence-electron chi connectivity index (χ4n) is 3.01. The van der Waals surface area contributed by atoms with Crippen LogP contribution in [0.25, 0.3) is 5.69 Å². The van der Waals surface area contributed by atoms with Crippen LogP contribution in [0.5, 0.6) is 11.5 Å². The number of halogens is 1. The number of aliphatic imine (C=N–C) groups is 1. The number of nitrogens with one attached hydrogen (secondary N) is 2. The van der Waals surface area contributed by atoms with Crippen LogP contribution in [0.3, 0.4) is 0 Å². The topological polar surface area (TPSA) is 72.7 Å². The minimum Gasteiger partial charge on any atom is -0.493 e. The maximum Gasteiger partial charge on any atom is 0.195 e. The highest BCUT2D eigenvalue weighted by Gasteiger charge is 2.10. The molecule has 0 aliphatic rings. The predicted octanol–water partition coefficient (Wildman–Crippen LogP) is 3.91. The Bertz CT molecular complexity index is 1030. The van der Waals surface area contributed by atoms with Gasteiger partial charge in [-0.3, -0.25) is 4.99 Å². The molecule has 1 aromatic heterocycles. The number of guanidine groups is 1. The quantitative estimate of drug-likeness (QED) is 0.456. The van der Waals surface area contributed by atoms with Gasteiger partial charge in [-0.25, -0.2) is 9.37 Å². The second kappa shape index (κ2) is 9.78. The second-order valence-electron chi connectivity index (χ2n) is 6.48. The third kappa shape index (κ3) is 4.89. The second-order valence-corrected chi connectivity index (χ2v) is 6.48. The highest BCUT2D eigenvalue weighted by atomic mass is 19.1. The standard InChI is InChI=1S/C22H26FN5O2/c1-5-30-21-13-17(7-9-20(21)29-4)27-22(24-3)26-14-16-6-8-19(18(23)12-16)28-11-10-25-15(28)2/h6-13H,5,14H2,1-4H3,(H2,24,26,27). The van der Waals surface area contributed by atoms with E-state index < -0.39 is 0 Å². The number of hydrogen-bond donors (Lipinski definition) is 2. The SMILES string of the molecule is CCOc1cc(NC(=NC)NCc2ccc(-n3ccnc3C)c(F)c2)ccc1OC. The van der Waals surface area contributed by atoms with E-state index in [1.807, 2.05) is 38.1 Å². The number of methoxy groups -OCH3 is 1. The van der Waals surface area contributed by atoms with E-state index >= 15 is 0 Å². The molecule has 158 valence electrons. The van der Waals surface area contributed by atoms with Crippen LogP contribution >= 0.6 is 0 Å². The van der Waals surface area contributed by atoms with E-state index in [1.54, 1.807) is 37.2 Å². The largest absolute Gasteiger partial charge is 0.493 e. The molecule has 0 fully saturated rings. The summed E-state index contributed by atoms with van der Waals surface area (Å²) < 4.78 is 27.2. The lowest BCUT2D eigenvalue weighted by atomic mass is 10.2. The molecule has 3 aromatic rings. The molecule has 2 aromatic carbocycles. The molecule has 0 aliphatic heterocycles. The number of aromatic nitrogens is 2. The lowest BCUT2D eigenvalue weighted by molar-refractivity contribution is 0.311. The van der Waals surface area contributed by atoms with E-state index in [4.69, 9.17) is 9.47 Å². The monoisotopic (exact) mass is 411 g/mol. The van der Waals surface area contributed by atoms with Crippen molar-refractivity contribution in [2.24, 2.45) is 4.99 Å². The van der Waals surface area contributed by atoms with Gasteiger partial charge in [0.05, 0.1) is 19.4 Å². The van der Waals surface area contributed by atoms with Gasteiger partial charge < -0.3 is 24.7 Å². The molecule has 7 nitrogen and oxygen atoms in total. The van der Waals surface area contributed by atoms with E-state index in [9.17, 15) is 4.39 Å². The maximum atomic E-state index is 14.6. The first-order chi connectivity index (χ1) is 14.5. The summed E-state index contributed by atoms with van der Waals surface area (Å²) in [4.78, 5) is 8.36. The van der Waals surface area contributed by atoms with Crippen molar-refractivity contribution < 1.29 is 13.9 Å². The van der Waals surface area contributed by atoms with Gasteiger partial charge in [0, 0.05) is 37.7 Å². The van der Waals surface area contributed by atoms with Gasteiger partial charge in [-0.05, 0) is 43.7 Å². The molecule has 0 aliphatic carbocycles. The van der Waals surface area contributed by atoms with E-state index in [-0.39, 0.29) is 5.82 Å². The lowest BCUT2D eigenvalue weighted by Crippen LogP contribution is -2.30. The number of hydrogen-bond acceptors (Lipinski definition) is 4. The fourth-order valence-corrected chi connectivity index (χ4v) is 3.01. The number of rotatable bonds is 7. The molecule has 0 spiro atoms. The Morgan fingerprint density at radius 3 is 2.67 bits per heavy atom. The summed E-state index contributed by atoms with van der Waals surface area (Å²) in [5.74, 6) is 2.28. The van der Waals surface area contributed by atoms with Crippen LogP contribution in [0.1, 0.15) is 18.3 Å².